The number of pyridine rings is 1. The number of fused-ring (bicyclic) bond motifs is 2. The first-order valence-electron chi connectivity index (χ1n) is 10.6. The van der Waals surface area contributed by atoms with E-state index in [4.69, 9.17) is 4.74 Å². The molecule has 1 aliphatic rings. The quantitative estimate of drug-likeness (QED) is 0.436. The second-order valence-corrected chi connectivity index (χ2v) is 7.56. The minimum absolute atomic E-state index is 0.0906. The topological polar surface area (TPSA) is 65.4 Å². The highest BCUT2D eigenvalue weighted by atomic mass is 19.4. The van der Waals surface area contributed by atoms with Gasteiger partial charge in [0.05, 0.1) is 12.6 Å². The van der Waals surface area contributed by atoms with Crippen LogP contribution in [0.2, 0.25) is 0 Å². The van der Waals surface area contributed by atoms with Crippen LogP contribution in [0.1, 0.15) is 28.6 Å². The van der Waals surface area contributed by atoms with E-state index in [1.54, 1.807) is 12.3 Å². The molecule has 5 rings (SSSR count). The van der Waals surface area contributed by atoms with E-state index in [1.807, 2.05) is 54.1 Å². The smallest absolute Gasteiger partial charge is 0.491 e. The molecule has 1 atom stereocenters. The lowest BCUT2D eigenvalue weighted by molar-refractivity contribution is -0.274. The van der Waals surface area contributed by atoms with Gasteiger partial charge in [0.25, 0.3) is 5.91 Å². The van der Waals surface area contributed by atoms with E-state index < -0.39 is 6.36 Å². The summed E-state index contributed by atoms with van der Waals surface area (Å²) in [6.45, 7) is 0.582. The van der Waals surface area contributed by atoms with E-state index in [0.717, 1.165) is 28.8 Å². The van der Waals surface area contributed by atoms with Crippen LogP contribution < -0.4 is 14.8 Å². The predicted octanol–water partition coefficient (Wildman–Crippen LogP) is 5.41. The highest BCUT2D eigenvalue weighted by molar-refractivity contribution is 5.98. The molecule has 0 saturated heterocycles. The molecule has 34 heavy (non-hydrogen) atoms. The van der Waals surface area contributed by atoms with Gasteiger partial charge >= 0.3 is 6.36 Å². The number of aryl methyl sites for hydroxylation is 1. The first-order chi connectivity index (χ1) is 16.3. The molecule has 1 aliphatic heterocycles. The molecule has 9 heteroatoms. The average Bonchev–Trinajstić information content (AvgIpc) is 3.16. The molecule has 176 valence electrons. The molecule has 1 amide bonds. The fourth-order valence-electron chi connectivity index (χ4n) is 3.71. The Bertz CT molecular complexity index is 1270. The zero-order valence-corrected chi connectivity index (χ0v) is 18.3. The summed E-state index contributed by atoms with van der Waals surface area (Å²) in [7, 11) is 1.91. The Morgan fingerprint density at radius 2 is 1.82 bits per heavy atom. The second kappa shape index (κ2) is 9.86. The number of carbonyl (C=O) groups is 1. The summed E-state index contributed by atoms with van der Waals surface area (Å²) in [5.41, 5.74) is 2.49. The molecular formula is C25H22F3N3O3. The summed E-state index contributed by atoms with van der Waals surface area (Å²) >= 11 is 0. The van der Waals surface area contributed by atoms with Gasteiger partial charge in [-0.2, -0.15) is 0 Å². The zero-order valence-electron chi connectivity index (χ0n) is 18.3. The number of halogens is 3. The fraction of sp³-hybridized carbons (Fsp3) is 0.200. The van der Waals surface area contributed by atoms with Gasteiger partial charge in [0, 0.05) is 30.6 Å². The number of rotatable bonds is 3. The largest absolute Gasteiger partial charge is 0.573 e. The molecule has 0 radical (unpaired) electrons. The van der Waals surface area contributed by atoms with Gasteiger partial charge in [0.2, 0.25) is 0 Å². The Morgan fingerprint density at radius 3 is 2.56 bits per heavy atom. The number of hydrogen-bond acceptors (Lipinski definition) is 4. The lowest BCUT2D eigenvalue weighted by Gasteiger charge is -2.25. The molecule has 0 saturated carbocycles. The monoisotopic (exact) mass is 469 g/mol. The van der Waals surface area contributed by atoms with Crippen LogP contribution in [0, 0.1) is 0 Å². The zero-order chi connectivity index (χ0) is 24.1. The standard InChI is InChI=1S/C18H17N3O2.C7H5F3O/c1-21-14-6-3-2-5-12(14)11-15(21)18(22)20-13-8-10-23-16-7-4-9-19-17(13)16;8-7(9,10)11-6-4-2-1-3-5-6/h2-7,9,11,13H,8,10H2,1H3,(H,20,22);1-5H. The van der Waals surface area contributed by atoms with Crippen molar-refractivity contribution >= 4 is 16.8 Å². The Morgan fingerprint density at radius 1 is 1.09 bits per heavy atom. The van der Waals surface area contributed by atoms with Crippen molar-refractivity contribution in [3.8, 4) is 11.5 Å². The summed E-state index contributed by atoms with van der Waals surface area (Å²) in [6, 6.07) is 20.5. The van der Waals surface area contributed by atoms with E-state index in [-0.39, 0.29) is 17.7 Å². The average molecular weight is 469 g/mol. The van der Waals surface area contributed by atoms with Crippen LogP contribution in [-0.2, 0) is 7.05 Å². The first kappa shape index (κ1) is 23.2. The molecule has 6 nitrogen and oxygen atoms in total. The van der Waals surface area contributed by atoms with E-state index in [1.165, 1.54) is 24.3 Å². The maximum atomic E-state index is 12.7. The number of hydrogen-bond donors (Lipinski definition) is 1. The number of nitrogens with zero attached hydrogens (tertiary/aromatic N) is 2. The van der Waals surface area contributed by atoms with Crippen molar-refractivity contribution in [2.75, 3.05) is 6.61 Å². The Kier molecular flexibility index (Phi) is 6.72. The van der Waals surface area contributed by atoms with Gasteiger partial charge in [-0.05, 0) is 36.4 Å². The summed E-state index contributed by atoms with van der Waals surface area (Å²) in [5.74, 6) is 0.466. The highest BCUT2D eigenvalue weighted by Crippen LogP contribution is 2.30. The molecule has 0 fully saturated rings. The first-order valence-corrected chi connectivity index (χ1v) is 10.6. The maximum absolute atomic E-state index is 12.7. The third-order valence-electron chi connectivity index (χ3n) is 5.26. The number of carbonyl (C=O) groups excluding carboxylic acids is 1. The summed E-state index contributed by atoms with van der Waals surface area (Å²) < 4.78 is 45.7. The third-order valence-corrected chi connectivity index (χ3v) is 5.26. The van der Waals surface area contributed by atoms with Crippen LogP contribution in [0.15, 0.2) is 79.0 Å². The predicted molar refractivity (Wildman–Crippen MR) is 121 cm³/mol. The van der Waals surface area contributed by atoms with Gasteiger partial charge < -0.3 is 19.4 Å². The van der Waals surface area contributed by atoms with Crippen LogP contribution in [0.3, 0.4) is 0 Å². The molecule has 1 unspecified atom stereocenters. The number of ether oxygens (including phenoxy) is 2. The second-order valence-electron chi connectivity index (χ2n) is 7.56. The molecule has 3 heterocycles. The lowest BCUT2D eigenvalue weighted by Crippen LogP contribution is -2.33. The van der Waals surface area contributed by atoms with Crippen molar-refractivity contribution < 1.29 is 27.4 Å². The Hall–Kier alpha value is -4.01. The van der Waals surface area contributed by atoms with Crippen LogP contribution in [0.4, 0.5) is 13.2 Å². The SMILES string of the molecule is Cn1c(C(=O)NC2CCOc3cccnc32)cc2ccccc21.FC(F)(F)Oc1ccccc1. The summed E-state index contributed by atoms with van der Waals surface area (Å²) in [4.78, 5) is 17.1. The number of aromatic nitrogens is 2. The van der Waals surface area contributed by atoms with Crippen LogP contribution in [0.5, 0.6) is 11.5 Å². The van der Waals surface area contributed by atoms with E-state index >= 15 is 0 Å². The summed E-state index contributed by atoms with van der Waals surface area (Å²) in [5, 5.41) is 4.15. The van der Waals surface area contributed by atoms with E-state index in [2.05, 4.69) is 15.0 Å². The third kappa shape index (κ3) is 5.48. The number of amides is 1. The van der Waals surface area contributed by atoms with Crippen LogP contribution in [-0.4, -0.2) is 28.4 Å². The van der Waals surface area contributed by atoms with Crippen LogP contribution >= 0.6 is 0 Å². The van der Waals surface area contributed by atoms with Crippen LogP contribution in [0.25, 0.3) is 10.9 Å². The maximum Gasteiger partial charge on any atom is 0.573 e. The number of alkyl halides is 3. The highest BCUT2D eigenvalue weighted by Gasteiger charge is 2.30. The molecular weight excluding hydrogens is 447 g/mol. The fourth-order valence-corrected chi connectivity index (χ4v) is 3.71. The number of nitrogens with one attached hydrogen (secondary N) is 1. The van der Waals surface area contributed by atoms with Gasteiger partial charge in [-0.3, -0.25) is 9.78 Å². The van der Waals surface area contributed by atoms with Gasteiger partial charge in [-0.15, -0.1) is 13.2 Å². The van der Waals surface area contributed by atoms with Crippen molar-refractivity contribution in [1.29, 1.82) is 0 Å². The lowest BCUT2D eigenvalue weighted by atomic mass is 10.1. The Balaban J connectivity index is 0.000000210. The van der Waals surface area contributed by atoms with Gasteiger partial charge in [-0.1, -0.05) is 36.4 Å². The van der Waals surface area contributed by atoms with E-state index in [9.17, 15) is 18.0 Å². The van der Waals surface area contributed by atoms with Gasteiger partial charge in [0.1, 0.15) is 22.9 Å². The summed E-state index contributed by atoms with van der Waals surface area (Å²) in [6.07, 6.45) is -2.15. The van der Waals surface area contributed by atoms with Crippen molar-refractivity contribution in [2.24, 2.45) is 7.05 Å². The minimum Gasteiger partial charge on any atom is -0.491 e. The minimum atomic E-state index is -4.60. The van der Waals surface area contributed by atoms with Crippen molar-refractivity contribution in [3.05, 3.63) is 90.4 Å². The molecule has 2 aromatic heterocycles. The van der Waals surface area contributed by atoms with Crippen molar-refractivity contribution in [1.82, 2.24) is 14.9 Å². The number of para-hydroxylation sites is 2. The number of benzene rings is 2. The van der Waals surface area contributed by atoms with Crippen molar-refractivity contribution in [3.63, 3.8) is 0 Å². The molecule has 0 bridgehead atoms. The van der Waals surface area contributed by atoms with E-state index in [0.29, 0.717) is 12.3 Å². The molecule has 2 aromatic carbocycles. The molecule has 1 N–H and O–H groups in total. The van der Waals surface area contributed by atoms with Gasteiger partial charge in [-0.25, -0.2) is 0 Å². The Labute approximate surface area is 193 Å². The normalized spacial score (nSPS) is 14.9. The molecule has 4 aromatic rings. The molecule has 0 spiro atoms. The van der Waals surface area contributed by atoms with Gasteiger partial charge in [0.15, 0.2) is 0 Å². The molecule has 0 aliphatic carbocycles. The van der Waals surface area contributed by atoms with Crippen molar-refractivity contribution in [2.45, 2.75) is 18.8 Å².